The first kappa shape index (κ1) is 18.1. The van der Waals surface area contributed by atoms with E-state index in [1.807, 2.05) is 4.90 Å². The Morgan fingerprint density at radius 3 is 2.19 bits per heavy atom. The van der Waals surface area contributed by atoms with Crippen LogP contribution in [0.4, 0.5) is 4.39 Å². The van der Waals surface area contributed by atoms with E-state index in [0.29, 0.717) is 25.3 Å². The molecule has 4 nitrogen and oxygen atoms in total. The van der Waals surface area contributed by atoms with Gasteiger partial charge in [0.05, 0.1) is 5.56 Å². The molecule has 3 rings (SSSR count). The molecule has 0 aliphatic heterocycles. The zero-order valence-electron chi connectivity index (χ0n) is 14.5. The van der Waals surface area contributed by atoms with Crippen molar-refractivity contribution in [1.29, 1.82) is 0 Å². The molecule has 0 heterocycles. The molecule has 0 saturated heterocycles. The van der Waals surface area contributed by atoms with Crippen LogP contribution in [0.3, 0.4) is 0 Å². The van der Waals surface area contributed by atoms with Crippen LogP contribution in [0.1, 0.15) is 40.7 Å². The number of hydrogen-bond donors (Lipinski definition) is 1. The van der Waals surface area contributed by atoms with E-state index in [2.05, 4.69) is 0 Å². The van der Waals surface area contributed by atoms with Gasteiger partial charge in [-0.15, -0.1) is 0 Å². The highest BCUT2D eigenvalue weighted by Crippen LogP contribution is 2.30. The lowest BCUT2D eigenvalue weighted by atomic mass is 10.1. The molecule has 5 heteroatoms. The predicted molar refractivity (Wildman–Crippen MR) is 96.3 cm³/mol. The summed E-state index contributed by atoms with van der Waals surface area (Å²) in [5.74, 6) is -0.584. The molecule has 0 aromatic heterocycles. The van der Waals surface area contributed by atoms with Crippen molar-refractivity contribution < 1.29 is 19.1 Å². The van der Waals surface area contributed by atoms with Gasteiger partial charge in [-0.2, -0.15) is 0 Å². The van der Waals surface area contributed by atoms with Crippen LogP contribution >= 0.6 is 0 Å². The van der Waals surface area contributed by atoms with E-state index in [-0.39, 0.29) is 17.3 Å². The predicted octanol–water partition coefficient (Wildman–Crippen LogP) is 3.90. The smallest absolute Gasteiger partial charge is 0.335 e. The van der Waals surface area contributed by atoms with Gasteiger partial charge in [-0.3, -0.25) is 4.79 Å². The standard InChI is InChI=1S/C21H22FNO3/c22-19-10-5-17(6-11-19)14-23(13-16-1-2-16)20(24)12-7-15-3-8-18(9-4-15)21(25)26/h3-6,8-11,16H,1-2,7,12-14H2,(H,25,26). The monoisotopic (exact) mass is 355 g/mol. The summed E-state index contributed by atoms with van der Waals surface area (Å²) in [5.41, 5.74) is 2.11. The van der Waals surface area contributed by atoms with Crippen molar-refractivity contribution in [3.05, 3.63) is 71.0 Å². The first-order chi connectivity index (χ1) is 12.5. The van der Waals surface area contributed by atoms with Gasteiger partial charge in [0.25, 0.3) is 0 Å². The molecule has 1 saturated carbocycles. The first-order valence-corrected chi connectivity index (χ1v) is 8.86. The molecule has 0 spiro atoms. The maximum atomic E-state index is 13.1. The molecule has 0 atom stereocenters. The third-order valence-electron chi connectivity index (χ3n) is 4.64. The van der Waals surface area contributed by atoms with E-state index >= 15 is 0 Å². The molecular formula is C21H22FNO3. The molecule has 1 aliphatic carbocycles. The van der Waals surface area contributed by atoms with Gasteiger partial charge in [-0.1, -0.05) is 24.3 Å². The number of carboxylic acids is 1. The Morgan fingerprint density at radius 1 is 1.00 bits per heavy atom. The SMILES string of the molecule is O=C(O)c1ccc(CCC(=O)N(Cc2ccc(F)cc2)CC2CC2)cc1. The fourth-order valence-electron chi connectivity index (χ4n) is 2.90. The van der Waals surface area contributed by atoms with Gasteiger partial charge in [0.2, 0.25) is 5.91 Å². The average Bonchev–Trinajstić information content (AvgIpc) is 3.45. The lowest BCUT2D eigenvalue weighted by molar-refractivity contribution is -0.132. The Balaban J connectivity index is 1.59. The van der Waals surface area contributed by atoms with Crippen LogP contribution in [0.25, 0.3) is 0 Å². The van der Waals surface area contributed by atoms with Gasteiger partial charge < -0.3 is 10.0 Å². The van der Waals surface area contributed by atoms with Crippen molar-refractivity contribution in [3.8, 4) is 0 Å². The minimum absolute atomic E-state index is 0.0727. The number of halogens is 1. The second-order valence-electron chi connectivity index (χ2n) is 6.85. The zero-order chi connectivity index (χ0) is 18.5. The van der Waals surface area contributed by atoms with Crippen LogP contribution in [0.15, 0.2) is 48.5 Å². The number of benzene rings is 2. The second-order valence-corrected chi connectivity index (χ2v) is 6.85. The van der Waals surface area contributed by atoms with Crippen LogP contribution in [-0.4, -0.2) is 28.4 Å². The summed E-state index contributed by atoms with van der Waals surface area (Å²) in [7, 11) is 0. The highest BCUT2D eigenvalue weighted by Gasteiger charge is 2.26. The summed E-state index contributed by atoms with van der Waals surface area (Å²) < 4.78 is 13.1. The maximum absolute atomic E-state index is 13.1. The summed E-state index contributed by atoms with van der Waals surface area (Å²) in [6, 6.07) is 12.9. The van der Waals surface area contributed by atoms with Gasteiger partial charge in [-0.25, -0.2) is 9.18 Å². The van der Waals surface area contributed by atoms with Crippen molar-refractivity contribution >= 4 is 11.9 Å². The molecule has 1 N–H and O–H groups in total. The molecule has 1 amide bonds. The number of nitrogens with zero attached hydrogens (tertiary/aromatic N) is 1. The topological polar surface area (TPSA) is 57.6 Å². The number of rotatable bonds is 8. The number of aromatic carboxylic acids is 1. The van der Waals surface area contributed by atoms with Gasteiger partial charge in [0.1, 0.15) is 5.82 Å². The average molecular weight is 355 g/mol. The molecule has 0 bridgehead atoms. The Kier molecular flexibility index (Phi) is 5.66. The molecule has 0 radical (unpaired) electrons. The molecule has 2 aromatic rings. The molecule has 136 valence electrons. The van der Waals surface area contributed by atoms with Gasteiger partial charge in [0, 0.05) is 19.5 Å². The van der Waals surface area contributed by atoms with Crippen LogP contribution in [0.5, 0.6) is 0 Å². The Morgan fingerprint density at radius 2 is 1.62 bits per heavy atom. The van der Waals surface area contributed by atoms with E-state index in [9.17, 15) is 14.0 Å². The van der Waals surface area contributed by atoms with Crippen molar-refractivity contribution in [1.82, 2.24) is 4.90 Å². The van der Waals surface area contributed by atoms with E-state index in [1.165, 1.54) is 12.1 Å². The van der Waals surface area contributed by atoms with E-state index in [4.69, 9.17) is 5.11 Å². The first-order valence-electron chi connectivity index (χ1n) is 8.86. The molecule has 0 unspecified atom stereocenters. The van der Waals surface area contributed by atoms with Crippen molar-refractivity contribution in [3.63, 3.8) is 0 Å². The number of hydrogen-bond acceptors (Lipinski definition) is 2. The molecule has 26 heavy (non-hydrogen) atoms. The Bertz CT molecular complexity index is 767. The molecule has 2 aromatic carbocycles. The molecular weight excluding hydrogens is 333 g/mol. The van der Waals surface area contributed by atoms with Crippen LogP contribution in [0, 0.1) is 11.7 Å². The zero-order valence-corrected chi connectivity index (χ0v) is 14.5. The normalized spacial score (nSPS) is 13.4. The Labute approximate surface area is 152 Å². The molecule has 1 fully saturated rings. The highest BCUT2D eigenvalue weighted by atomic mass is 19.1. The van der Waals surface area contributed by atoms with Crippen molar-refractivity contribution in [2.24, 2.45) is 5.92 Å². The summed E-state index contributed by atoms with van der Waals surface area (Å²) in [4.78, 5) is 25.4. The largest absolute Gasteiger partial charge is 0.478 e. The molecule has 1 aliphatic rings. The fraction of sp³-hybridized carbons (Fsp3) is 0.333. The third-order valence-corrected chi connectivity index (χ3v) is 4.64. The summed E-state index contributed by atoms with van der Waals surface area (Å²) in [5, 5.41) is 8.93. The minimum atomic E-state index is -0.956. The van der Waals surface area contributed by atoms with Crippen molar-refractivity contribution in [2.45, 2.75) is 32.2 Å². The third kappa shape index (κ3) is 5.15. The number of carboxylic acid groups (broad SMARTS) is 1. The Hall–Kier alpha value is -2.69. The fourth-order valence-corrected chi connectivity index (χ4v) is 2.90. The van der Waals surface area contributed by atoms with Crippen LogP contribution in [0.2, 0.25) is 0 Å². The van der Waals surface area contributed by atoms with Gasteiger partial charge >= 0.3 is 5.97 Å². The summed E-state index contributed by atoms with van der Waals surface area (Å²) in [6.45, 7) is 1.24. The summed E-state index contributed by atoms with van der Waals surface area (Å²) in [6.07, 6.45) is 3.26. The van der Waals surface area contributed by atoms with Gasteiger partial charge in [0.15, 0.2) is 0 Å². The number of carbonyl (C=O) groups excluding carboxylic acids is 1. The summed E-state index contributed by atoms with van der Waals surface area (Å²) >= 11 is 0. The lowest BCUT2D eigenvalue weighted by Gasteiger charge is -2.23. The van der Waals surface area contributed by atoms with E-state index in [0.717, 1.165) is 30.5 Å². The van der Waals surface area contributed by atoms with Crippen LogP contribution < -0.4 is 0 Å². The number of aryl methyl sites for hydroxylation is 1. The highest BCUT2D eigenvalue weighted by molar-refractivity contribution is 5.87. The minimum Gasteiger partial charge on any atom is -0.478 e. The quantitative estimate of drug-likeness (QED) is 0.781. The van der Waals surface area contributed by atoms with Crippen LogP contribution in [-0.2, 0) is 17.8 Å². The number of carbonyl (C=O) groups is 2. The second kappa shape index (κ2) is 8.13. The number of amides is 1. The van der Waals surface area contributed by atoms with E-state index in [1.54, 1.807) is 36.4 Å². The van der Waals surface area contributed by atoms with Gasteiger partial charge in [-0.05, 0) is 60.6 Å². The lowest BCUT2D eigenvalue weighted by Crippen LogP contribution is -2.32. The maximum Gasteiger partial charge on any atom is 0.335 e. The van der Waals surface area contributed by atoms with E-state index < -0.39 is 5.97 Å². The van der Waals surface area contributed by atoms with Crippen molar-refractivity contribution in [2.75, 3.05) is 6.54 Å².